The van der Waals surface area contributed by atoms with E-state index in [1.54, 1.807) is 22.8 Å². The number of benzene rings is 2. The Kier molecular flexibility index (Phi) is 6.94. The molecule has 0 radical (unpaired) electrons. The van der Waals surface area contributed by atoms with E-state index >= 15 is 0 Å². The molecular formula is C23H26ClN3O2. The molecule has 1 heterocycles. The van der Waals surface area contributed by atoms with Gasteiger partial charge in [0.1, 0.15) is 12.4 Å². The average molecular weight is 412 g/mol. The summed E-state index contributed by atoms with van der Waals surface area (Å²) >= 11 is 6.22. The monoisotopic (exact) mass is 411 g/mol. The van der Waals surface area contributed by atoms with Crippen molar-refractivity contribution in [2.45, 2.75) is 40.0 Å². The molecule has 3 aromatic rings. The van der Waals surface area contributed by atoms with Gasteiger partial charge in [0.15, 0.2) is 0 Å². The molecule has 0 saturated heterocycles. The van der Waals surface area contributed by atoms with Crippen LogP contribution in [0.2, 0.25) is 5.02 Å². The zero-order valence-corrected chi connectivity index (χ0v) is 17.8. The smallest absolute Gasteiger partial charge is 0.253 e. The van der Waals surface area contributed by atoms with Crippen LogP contribution >= 0.6 is 11.6 Å². The molecule has 0 atom stereocenters. The lowest BCUT2D eigenvalue weighted by Crippen LogP contribution is -2.27. The van der Waals surface area contributed by atoms with E-state index in [0.29, 0.717) is 30.3 Å². The second-order valence-electron chi connectivity index (χ2n) is 6.90. The van der Waals surface area contributed by atoms with Crippen molar-refractivity contribution < 1.29 is 9.53 Å². The van der Waals surface area contributed by atoms with E-state index in [1.165, 1.54) is 5.56 Å². The SMILES string of the molecule is CCc1ccc(OCc2cccc(C(=O)N(C)Cc3c(Cl)cnn3CC)c2)cc1. The Labute approximate surface area is 176 Å². The fraction of sp³-hybridized carbons (Fsp3) is 0.304. The number of hydrogen-bond donors (Lipinski definition) is 0. The van der Waals surface area contributed by atoms with Crippen molar-refractivity contribution in [3.8, 4) is 5.75 Å². The van der Waals surface area contributed by atoms with Crippen LogP contribution in [0.4, 0.5) is 0 Å². The normalized spacial score (nSPS) is 10.8. The Bertz CT molecular complexity index is 967. The maximum absolute atomic E-state index is 12.9. The molecule has 0 aliphatic carbocycles. The molecule has 0 N–H and O–H groups in total. The molecule has 0 bridgehead atoms. The van der Waals surface area contributed by atoms with Crippen LogP contribution in [0.1, 0.15) is 41.0 Å². The largest absolute Gasteiger partial charge is 0.489 e. The van der Waals surface area contributed by atoms with Gasteiger partial charge in [0.25, 0.3) is 5.91 Å². The Morgan fingerprint density at radius 1 is 1.14 bits per heavy atom. The summed E-state index contributed by atoms with van der Waals surface area (Å²) in [6, 6.07) is 15.6. The zero-order chi connectivity index (χ0) is 20.8. The topological polar surface area (TPSA) is 47.4 Å². The number of ether oxygens (including phenoxy) is 1. The molecule has 0 saturated carbocycles. The molecule has 0 aliphatic heterocycles. The van der Waals surface area contributed by atoms with E-state index in [1.807, 2.05) is 43.3 Å². The summed E-state index contributed by atoms with van der Waals surface area (Å²) in [5, 5.41) is 4.80. The van der Waals surface area contributed by atoms with E-state index in [4.69, 9.17) is 16.3 Å². The molecule has 3 rings (SSSR count). The first-order chi connectivity index (χ1) is 14.0. The highest BCUT2D eigenvalue weighted by molar-refractivity contribution is 6.31. The van der Waals surface area contributed by atoms with Crippen molar-refractivity contribution in [3.63, 3.8) is 0 Å². The number of amides is 1. The molecule has 0 unspecified atom stereocenters. The Hall–Kier alpha value is -2.79. The van der Waals surface area contributed by atoms with Crippen molar-refractivity contribution in [2.24, 2.45) is 0 Å². The van der Waals surface area contributed by atoms with Crippen LogP contribution in [0.5, 0.6) is 5.75 Å². The number of nitrogens with zero attached hydrogens (tertiary/aromatic N) is 3. The molecule has 0 fully saturated rings. The quantitative estimate of drug-likeness (QED) is 0.525. The van der Waals surface area contributed by atoms with Crippen LogP contribution in [0.15, 0.2) is 54.7 Å². The van der Waals surface area contributed by atoms with Crippen molar-refractivity contribution >= 4 is 17.5 Å². The zero-order valence-electron chi connectivity index (χ0n) is 17.1. The summed E-state index contributed by atoms with van der Waals surface area (Å²) < 4.78 is 7.67. The van der Waals surface area contributed by atoms with Crippen LogP contribution in [0, 0.1) is 0 Å². The maximum atomic E-state index is 12.9. The van der Waals surface area contributed by atoms with E-state index < -0.39 is 0 Å². The molecule has 0 spiro atoms. The van der Waals surface area contributed by atoms with E-state index in [9.17, 15) is 4.79 Å². The predicted molar refractivity (Wildman–Crippen MR) is 115 cm³/mol. The highest BCUT2D eigenvalue weighted by atomic mass is 35.5. The van der Waals surface area contributed by atoms with Gasteiger partial charge in [-0.25, -0.2) is 0 Å². The van der Waals surface area contributed by atoms with Gasteiger partial charge in [-0.1, -0.05) is 42.8 Å². The van der Waals surface area contributed by atoms with Crippen molar-refractivity contribution in [1.29, 1.82) is 0 Å². The third-order valence-corrected chi connectivity index (χ3v) is 5.16. The number of aryl methyl sites for hydroxylation is 2. The number of carbonyl (C=O) groups is 1. The summed E-state index contributed by atoms with van der Waals surface area (Å²) in [6.07, 6.45) is 2.62. The van der Waals surface area contributed by atoms with Gasteiger partial charge >= 0.3 is 0 Å². The second-order valence-corrected chi connectivity index (χ2v) is 7.31. The molecule has 1 aromatic heterocycles. The first-order valence-corrected chi connectivity index (χ1v) is 10.2. The van der Waals surface area contributed by atoms with E-state index in [2.05, 4.69) is 24.2 Å². The minimum Gasteiger partial charge on any atom is -0.489 e. The highest BCUT2D eigenvalue weighted by Gasteiger charge is 2.17. The van der Waals surface area contributed by atoms with E-state index in [-0.39, 0.29) is 5.91 Å². The van der Waals surface area contributed by atoms with Gasteiger partial charge in [-0.15, -0.1) is 0 Å². The van der Waals surface area contributed by atoms with Gasteiger partial charge in [-0.05, 0) is 48.7 Å². The Morgan fingerprint density at radius 2 is 1.90 bits per heavy atom. The highest BCUT2D eigenvalue weighted by Crippen LogP contribution is 2.19. The Morgan fingerprint density at radius 3 is 2.59 bits per heavy atom. The molecule has 5 nitrogen and oxygen atoms in total. The van der Waals surface area contributed by atoms with Gasteiger partial charge in [0.05, 0.1) is 23.5 Å². The van der Waals surface area contributed by atoms with Crippen LogP contribution in [0.3, 0.4) is 0 Å². The van der Waals surface area contributed by atoms with Crippen molar-refractivity contribution in [1.82, 2.24) is 14.7 Å². The lowest BCUT2D eigenvalue weighted by molar-refractivity contribution is 0.0781. The fourth-order valence-corrected chi connectivity index (χ4v) is 3.32. The second kappa shape index (κ2) is 9.61. The van der Waals surface area contributed by atoms with Crippen molar-refractivity contribution in [3.05, 3.63) is 82.1 Å². The van der Waals surface area contributed by atoms with Gasteiger partial charge in [0.2, 0.25) is 0 Å². The first kappa shape index (κ1) is 20.9. The maximum Gasteiger partial charge on any atom is 0.253 e. The summed E-state index contributed by atoms with van der Waals surface area (Å²) in [5.41, 5.74) is 3.67. The van der Waals surface area contributed by atoms with Crippen LogP contribution in [-0.4, -0.2) is 27.6 Å². The molecule has 2 aromatic carbocycles. The summed E-state index contributed by atoms with van der Waals surface area (Å²) in [4.78, 5) is 14.5. The number of hydrogen-bond acceptors (Lipinski definition) is 3. The standard InChI is InChI=1S/C23H26ClN3O2/c1-4-17-9-11-20(12-10-17)29-16-18-7-6-8-19(13-18)23(28)26(3)15-22-21(24)14-25-27(22)5-2/h6-14H,4-5,15-16H2,1-3H3. The molecular weight excluding hydrogens is 386 g/mol. The molecule has 6 heteroatoms. The van der Waals surface area contributed by atoms with E-state index in [0.717, 1.165) is 23.4 Å². The van der Waals surface area contributed by atoms with Crippen molar-refractivity contribution in [2.75, 3.05) is 7.05 Å². The lowest BCUT2D eigenvalue weighted by Gasteiger charge is -2.18. The number of halogens is 1. The summed E-state index contributed by atoms with van der Waals surface area (Å²) in [6.45, 7) is 5.63. The first-order valence-electron chi connectivity index (χ1n) is 9.78. The molecule has 1 amide bonds. The number of aromatic nitrogens is 2. The Balaban J connectivity index is 1.65. The molecule has 29 heavy (non-hydrogen) atoms. The minimum absolute atomic E-state index is 0.0703. The number of rotatable bonds is 8. The van der Waals surface area contributed by atoms with Crippen LogP contribution in [0.25, 0.3) is 0 Å². The lowest BCUT2D eigenvalue weighted by atomic mass is 10.1. The average Bonchev–Trinajstić information content (AvgIpc) is 3.11. The molecule has 0 aliphatic rings. The molecule has 152 valence electrons. The number of carbonyl (C=O) groups excluding carboxylic acids is 1. The van der Waals surface area contributed by atoms with Crippen LogP contribution < -0.4 is 4.74 Å². The van der Waals surface area contributed by atoms with Gasteiger partial charge in [-0.2, -0.15) is 5.10 Å². The van der Waals surface area contributed by atoms with Gasteiger partial charge in [0, 0.05) is 19.2 Å². The van der Waals surface area contributed by atoms with Crippen LogP contribution in [-0.2, 0) is 26.1 Å². The third-order valence-electron chi connectivity index (χ3n) is 4.84. The fourth-order valence-electron chi connectivity index (χ4n) is 3.12. The van der Waals surface area contributed by atoms with Gasteiger partial charge in [-0.3, -0.25) is 9.48 Å². The summed E-state index contributed by atoms with van der Waals surface area (Å²) in [7, 11) is 1.77. The minimum atomic E-state index is -0.0703. The predicted octanol–water partition coefficient (Wildman–Crippen LogP) is 4.97. The summed E-state index contributed by atoms with van der Waals surface area (Å²) in [5.74, 6) is 0.748. The van der Waals surface area contributed by atoms with Gasteiger partial charge < -0.3 is 9.64 Å². The third kappa shape index (κ3) is 5.18.